The van der Waals surface area contributed by atoms with E-state index in [9.17, 15) is 4.79 Å². The minimum absolute atomic E-state index is 0. The Hall–Kier alpha value is -1.63. The highest BCUT2D eigenvalue weighted by atomic mass is 35.5. The van der Waals surface area contributed by atoms with Crippen molar-refractivity contribution in [1.82, 2.24) is 10.3 Å². The van der Waals surface area contributed by atoms with Crippen LogP contribution in [0.25, 0.3) is 11.3 Å². The van der Waals surface area contributed by atoms with Gasteiger partial charge in [0, 0.05) is 22.9 Å². The molecule has 1 saturated heterocycles. The molecular formula is C18H24ClN3O2S. The molecule has 1 amide bonds. The van der Waals surface area contributed by atoms with Crippen LogP contribution in [0.15, 0.2) is 23.6 Å². The molecule has 2 aromatic rings. The maximum Gasteiger partial charge on any atom is 0.229 e. The van der Waals surface area contributed by atoms with Crippen molar-refractivity contribution < 1.29 is 9.53 Å². The van der Waals surface area contributed by atoms with E-state index in [-0.39, 0.29) is 24.2 Å². The molecule has 1 aromatic heterocycles. The molecule has 1 aliphatic heterocycles. The van der Waals surface area contributed by atoms with E-state index in [0.29, 0.717) is 11.2 Å². The fourth-order valence-corrected chi connectivity index (χ4v) is 3.77. The van der Waals surface area contributed by atoms with Gasteiger partial charge in [-0.15, -0.1) is 23.7 Å². The molecule has 1 fully saturated rings. The van der Waals surface area contributed by atoms with Crippen molar-refractivity contribution in [2.24, 2.45) is 5.92 Å². The molecule has 0 saturated carbocycles. The molecular weight excluding hydrogens is 358 g/mol. The number of rotatable bonds is 4. The smallest absolute Gasteiger partial charge is 0.229 e. The Kier molecular flexibility index (Phi) is 6.81. The van der Waals surface area contributed by atoms with Gasteiger partial charge in [-0.3, -0.25) is 4.79 Å². The molecule has 2 atom stereocenters. The van der Waals surface area contributed by atoms with Crippen LogP contribution in [0.3, 0.4) is 0 Å². The zero-order chi connectivity index (χ0) is 17.1. The summed E-state index contributed by atoms with van der Waals surface area (Å²) >= 11 is 1.45. The van der Waals surface area contributed by atoms with Gasteiger partial charge in [-0.2, -0.15) is 0 Å². The molecule has 5 nitrogen and oxygen atoms in total. The summed E-state index contributed by atoms with van der Waals surface area (Å²) < 4.78 is 5.42. The zero-order valence-corrected chi connectivity index (χ0v) is 16.3. The van der Waals surface area contributed by atoms with Gasteiger partial charge >= 0.3 is 0 Å². The first-order valence-electron chi connectivity index (χ1n) is 8.21. The summed E-state index contributed by atoms with van der Waals surface area (Å²) in [6, 6.07) is 6.39. The fourth-order valence-electron chi connectivity index (χ4n) is 3.05. The molecule has 0 spiro atoms. The lowest BCUT2D eigenvalue weighted by Gasteiger charge is -2.26. The van der Waals surface area contributed by atoms with Gasteiger partial charge in [0.1, 0.15) is 5.75 Å². The summed E-state index contributed by atoms with van der Waals surface area (Å²) in [5.41, 5.74) is 2.92. The summed E-state index contributed by atoms with van der Waals surface area (Å²) in [4.78, 5) is 17.0. The normalized spacial score (nSPS) is 19.8. The summed E-state index contributed by atoms with van der Waals surface area (Å²) in [6.45, 7) is 5.05. The topological polar surface area (TPSA) is 63.2 Å². The van der Waals surface area contributed by atoms with Gasteiger partial charge in [0.2, 0.25) is 5.91 Å². The van der Waals surface area contributed by atoms with Crippen molar-refractivity contribution in [3.05, 3.63) is 29.1 Å². The number of nitrogens with zero attached hydrogens (tertiary/aromatic N) is 1. The van der Waals surface area contributed by atoms with Crippen LogP contribution in [-0.2, 0) is 4.79 Å². The molecule has 1 aliphatic rings. The van der Waals surface area contributed by atoms with Crippen molar-refractivity contribution in [3.8, 4) is 17.0 Å². The maximum atomic E-state index is 12.4. The zero-order valence-electron chi connectivity index (χ0n) is 14.7. The first kappa shape index (κ1) is 19.7. The number of nitrogens with one attached hydrogen (secondary N) is 2. The van der Waals surface area contributed by atoms with Crippen LogP contribution in [0.1, 0.15) is 25.3 Å². The molecule has 136 valence electrons. The second-order valence-corrected chi connectivity index (χ2v) is 7.17. The van der Waals surface area contributed by atoms with Gasteiger partial charge in [0.05, 0.1) is 12.8 Å². The number of hydrogen-bond acceptors (Lipinski definition) is 5. The highest BCUT2D eigenvalue weighted by molar-refractivity contribution is 7.14. The molecule has 3 rings (SSSR count). The van der Waals surface area contributed by atoms with E-state index in [1.54, 1.807) is 7.11 Å². The van der Waals surface area contributed by atoms with Crippen molar-refractivity contribution in [2.75, 3.05) is 19.0 Å². The second kappa shape index (κ2) is 8.65. The Balaban J connectivity index is 0.00000225. The molecule has 1 aromatic carbocycles. The van der Waals surface area contributed by atoms with Gasteiger partial charge in [0.25, 0.3) is 0 Å². The van der Waals surface area contributed by atoms with E-state index in [0.717, 1.165) is 42.0 Å². The Labute approximate surface area is 158 Å². The minimum atomic E-state index is 0. The average molecular weight is 382 g/mol. The third kappa shape index (κ3) is 4.71. The first-order chi connectivity index (χ1) is 11.6. The molecule has 2 heterocycles. The number of aromatic nitrogens is 1. The summed E-state index contributed by atoms with van der Waals surface area (Å²) in [5.74, 6) is 0.915. The predicted molar refractivity (Wildman–Crippen MR) is 105 cm³/mol. The lowest BCUT2D eigenvalue weighted by atomic mass is 9.92. The highest BCUT2D eigenvalue weighted by Crippen LogP contribution is 2.33. The van der Waals surface area contributed by atoms with Gasteiger partial charge in [0.15, 0.2) is 5.13 Å². The summed E-state index contributed by atoms with van der Waals surface area (Å²) in [5, 5.41) is 8.94. The number of piperidine rings is 1. The maximum absolute atomic E-state index is 12.4. The van der Waals surface area contributed by atoms with Gasteiger partial charge in [-0.25, -0.2) is 4.98 Å². The van der Waals surface area contributed by atoms with E-state index in [4.69, 9.17) is 4.74 Å². The Morgan fingerprint density at radius 3 is 2.96 bits per heavy atom. The standard InChI is InChI=1S/C18H23N3O2S.ClH/c1-11-4-5-16(23-3)14(8-11)15-10-24-18(20-15)21-17(22)13-6-7-19-12(2)9-13;/h4-5,8,10,12-13,19H,6-7,9H2,1-3H3,(H,20,21,22);1H/t12-,13-;/m0./s1. The molecule has 0 radical (unpaired) electrons. The number of thiazole rings is 1. The number of carbonyl (C=O) groups excluding carboxylic acids is 1. The monoisotopic (exact) mass is 381 g/mol. The number of hydrogen-bond donors (Lipinski definition) is 2. The Bertz CT molecular complexity index is 735. The van der Waals surface area contributed by atoms with Crippen LogP contribution in [0.2, 0.25) is 0 Å². The van der Waals surface area contributed by atoms with Crippen molar-refractivity contribution in [3.63, 3.8) is 0 Å². The number of anilines is 1. The average Bonchev–Trinajstić information content (AvgIpc) is 3.03. The van der Waals surface area contributed by atoms with E-state index in [1.165, 1.54) is 11.3 Å². The summed E-state index contributed by atoms with van der Waals surface area (Å²) in [6.07, 6.45) is 1.75. The third-order valence-corrected chi connectivity index (χ3v) is 5.12. The quantitative estimate of drug-likeness (QED) is 0.843. The first-order valence-corrected chi connectivity index (χ1v) is 9.09. The predicted octanol–water partition coefficient (Wildman–Crippen LogP) is 3.88. The highest BCUT2D eigenvalue weighted by Gasteiger charge is 2.25. The molecule has 25 heavy (non-hydrogen) atoms. The SMILES string of the molecule is COc1ccc(C)cc1-c1csc(NC(=O)[C@H]2CCN[C@@H](C)C2)n1.Cl. The van der Waals surface area contributed by atoms with Crippen molar-refractivity contribution in [1.29, 1.82) is 0 Å². The number of amides is 1. The van der Waals surface area contributed by atoms with Crippen LogP contribution < -0.4 is 15.4 Å². The molecule has 2 N–H and O–H groups in total. The van der Waals surface area contributed by atoms with Crippen LogP contribution in [0, 0.1) is 12.8 Å². The third-order valence-electron chi connectivity index (χ3n) is 4.36. The number of carbonyl (C=O) groups is 1. The minimum Gasteiger partial charge on any atom is -0.496 e. The van der Waals surface area contributed by atoms with Crippen LogP contribution in [0.4, 0.5) is 5.13 Å². The van der Waals surface area contributed by atoms with E-state index < -0.39 is 0 Å². The molecule has 0 aliphatic carbocycles. The lowest BCUT2D eigenvalue weighted by molar-refractivity contribution is -0.120. The number of methoxy groups -OCH3 is 1. The van der Waals surface area contributed by atoms with E-state index >= 15 is 0 Å². The summed E-state index contributed by atoms with van der Waals surface area (Å²) in [7, 11) is 1.65. The number of ether oxygens (including phenoxy) is 1. The second-order valence-electron chi connectivity index (χ2n) is 6.31. The van der Waals surface area contributed by atoms with Crippen LogP contribution in [0.5, 0.6) is 5.75 Å². The Morgan fingerprint density at radius 2 is 2.24 bits per heavy atom. The van der Waals surface area contributed by atoms with Crippen LogP contribution >= 0.6 is 23.7 Å². The van der Waals surface area contributed by atoms with Crippen LogP contribution in [-0.4, -0.2) is 30.6 Å². The molecule has 0 unspecified atom stereocenters. The Morgan fingerprint density at radius 1 is 1.44 bits per heavy atom. The van der Waals surface area contributed by atoms with E-state index in [1.807, 2.05) is 30.5 Å². The van der Waals surface area contributed by atoms with Gasteiger partial charge in [-0.1, -0.05) is 11.6 Å². The molecule has 0 bridgehead atoms. The lowest BCUT2D eigenvalue weighted by Crippen LogP contribution is -2.40. The van der Waals surface area contributed by atoms with Crippen molar-refractivity contribution >= 4 is 34.8 Å². The number of aryl methyl sites for hydroxylation is 1. The number of halogens is 1. The van der Waals surface area contributed by atoms with Crippen molar-refractivity contribution in [2.45, 2.75) is 32.7 Å². The largest absolute Gasteiger partial charge is 0.496 e. The van der Waals surface area contributed by atoms with E-state index in [2.05, 4.69) is 22.5 Å². The number of benzene rings is 1. The van der Waals surface area contributed by atoms with Gasteiger partial charge < -0.3 is 15.4 Å². The molecule has 7 heteroatoms. The fraction of sp³-hybridized carbons (Fsp3) is 0.444. The van der Waals surface area contributed by atoms with Gasteiger partial charge in [-0.05, 0) is 45.4 Å².